The summed E-state index contributed by atoms with van der Waals surface area (Å²) in [5, 5.41) is 3.18. The zero-order valence-electron chi connectivity index (χ0n) is 16.4. The van der Waals surface area contributed by atoms with Crippen molar-refractivity contribution in [1.82, 2.24) is 9.13 Å². The third-order valence-electron chi connectivity index (χ3n) is 5.67. The number of ether oxygens (including phenoxy) is 1. The first-order chi connectivity index (χ1) is 13.8. The van der Waals surface area contributed by atoms with Gasteiger partial charge in [-0.05, 0) is 30.5 Å². The van der Waals surface area contributed by atoms with Gasteiger partial charge >= 0.3 is 11.7 Å². The topological polar surface area (TPSA) is 99.4 Å². The molecule has 0 amide bonds. The van der Waals surface area contributed by atoms with Gasteiger partial charge in [0.25, 0.3) is 5.56 Å². The highest BCUT2D eigenvalue weighted by atomic mass is 16.5. The van der Waals surface area contributed by atoms with Crippen molar-refractivity contribution in [2.75, 3.05) is 12.4 Å². The lowest BCUT2D eigenvalue weighted by Gasteiger charge is -2.34. The molecule has 8 heteroatoms. The second-order valence-corrected chi connectivity index (χ2v) is 7.31. The molecular formula is C21H21N3O5. The Kier molecular flexibility index (Phi) is 4.49. The molecule has 29 heavy (non-hydrogen) atoms. The molecule has 4 rings (SSSR count). The van der Waals surface area contributed by atoms with Gasteiger partial charge in [-0.25, -0.2) is 9.59 Å². The van der Waals surface area contributed by atoms with E-state index in [1.54, 1.807) is 31.3 Å². The Balaban J connectivity index is 1.99. The molecule has 1 N–H and O–H groups in total. The van der Waals surface area contributed by atoms with E-state index in [2.05, 4.69) is 5.32 Å². The van der Waals surface area contributed by atoms with Crippen LogP contribution in [0.15, 0.2) is 45.1 Å². The number of nitrogens with zero attached hydrogens (tertiary/aromatic N) is 2. The largest absolute Gasteiger partial charge is 0.465 e. The van der Waals surface area contributed by atoms with Crippen molar-refractivity contribution in [3.8, 4) is 0 Å². The van der Waals surface area contributed by atoms with Gasteiger partial charge in [0.05, 0.1) is 18.2 Å². The van der Waals surface area contributed by atoms with Gasteiger partial charge in [-0.1, -0.05) is 12.1 Å². The molecule has 1 atom stereocenters. The van der Waals surface area contributed by atoms with Crippen LogP contribution in [0, 0.1) is 0 Å². The van der Waals surface area contributed by atoms with Crippen molar-refractivity contribution in [3.63, 3.8) is 0 Å². The maximum absolute atomic E-state index is 13.1. The average molecular weight is 395 g/mol. The molecule has 150 valence electrons. The molecule has 0 saturated heterocycles. The summed E-state index contributed by atoms with van der Waals surface area (Å²) in [5.41, 5.74) is 1.87. The molecule has 0 saturated carbocycles. The van der Waals surface area contributed by atoms with Crippen molar-refractivity contribution in [2.24, 2.45) is 14.1 Å². The van der Waals surface area contributed by atoms with Gasteiger partial charge in [0.15, 0.2) is 5.78 Å². The van der Waals surface area contributed by atoms with E-state index >= 15 is 0 Å². The second kappa shape index (κ2) is 6.88. The molecule has 1 aliphatic heterocycles. The first-order valence-electron chi connectivity index (χ1n) is 9.36. The number of esters is 1. The Morgan fingerprint density at radius 1 is 1.07 bits per heavy atom. The quantitative estimate of drug-likeness (QED) is 0.773. The summed E-state index contributed by atoms with van der Waals surface area (Å²) >= 11 is 0. The number of methoxy groups -OCH3 is 1. The van der Waals surface area contributed by atoms with Crippen molar-refractivity contribution >= 4 is 17.6 Å². The van der Waals surface area contributed by atoms with Crippen LogP contribution in [0.3, 0.4) is 0 Å². The predicted molar refractivity (Wildman–Crippen MR) is 106 cm³/mol. The Bertz CT molecular complexity index is 1180. The number of ketones is 1. The molecule has 1 aromatic heterocycles. The average Bonchev–Trinajstić information content (AvgIpc) is 2.74. The predicted octanol–water partition coefficient (Wildman–Crippen LogP) is 1.44. The maximum atomic E-state index is 13.1. The van der Waals surface area contributed by atoms with E-state index in [1.807, 2.05) is 0 Å². The number of rotatable bonds is 2. The summed E-state index contributed by atoms with van der Waals surface area (Å²) in [7, 11) is 4.33. The smallest absolute Gasteiger partial charge is 0.337 e. The number of hydrogen-bond donors (Lipinski definition) is 1. The van der Waals surface area contributed by atoms with Gasteiger partial charge in [0.2, 0.25) is 0 Å². The number of carbonyl (C=O) groups is 2. The Labute approximate surface area is 166 Å². The van der Waals surface area contributed by atoms with Crippen molar-refractivity contribution in [3.05, 3.63) is 73.1 Å². The second-order valence-electron chi connectivity index (χ2n) is 7.31. The highest BCUT2D eigenvalue weighted by molar-refractivity contribution is 6.01. The molecule has 0 fully saturated rings. The zero-order chi connectivity index (χ0) is 20.9. The summed E-state index contributed by atoms with van der Waals surface area (Å²) in [4.78, 5) is 50.1. The number of Topliss-reactive ketones (excluding diaryl/α,β-unsaturated/α-hetero) is 1. The van der Waals surface area contributed by atoms with Crippen molar-refractivity contribution in [2.45, 2.75) is 25.2 Å². The van der Waals surface area contributed by atoms with Crippen LogP contribution < -0.4 is 16.6 Å². The van der Waals surface area contributed by atoms with Crippen LogP contribution in [0.1, 0.15) is 46.7 Å². The first-order valence-corrected chi connectivity index (χ1v) is 9.36. The molecular weight excluding hydrogens is 374 g/mol. The fourth-order valence-corrected chi connectivity index (χ4v) is 4.16. The van der Waals surface area contributed by atoms with Gasteiger partial charge in [0.1, 0.15) is 5.82 Å². The number of aromatic nitrogens is 2. The molecule has 2 heterocycles. The summed E-state index contributed by atoms with van der Waals surface area (Å²) in [6.07, 6.45) is 1.80. The number of carbonyl (C=O) groups excluding carboxylic acids is 2. The van der Waals surface area contributed by atoms with Crippen LogP contribution in [-0.4, -0.2) is 28.0 Å². The Morgan fingerprint density at radius 2 is 1.76 bits per heavy atom. The summed E-state index contributed by atoms with van der Waals surface area (Å²) in [6, 6.07) is 6.68. The molecule has 2 aromatic rings. The van der Waals surface area contributed by atoms with Gasteiger partial charge in [0, 0.05) is 37.7 Å². The van der Waals surface area contributed by atoms with E-state index in [0.717, 1.165) is 10.3 Å². The standard InChI is InChI=1S/C21H21N3O5/c1-23-18-17(19(26)24(2)21(23)28)15(16-13(22-18)5-4-6-14(16)25)11-7-9-12(10-8-11)20(27)29-3/h7-10,15,22H,4-6H2,1-3H3. The normalized spacial score (nSPS) is 18.0. The number of fused-ring (bicyclic) bond motifs is 1. The summed E-state index contributed by atoms with van der Waals surface area (Å²) in [6.45, 7) is 0. The van der Waals surface area contributed by atoms with Crippen LogP contribution in [0.2, 0.25) is 0 Å². The third-order valence-corrected chi connectivity index (χ3v) is 5.67. The van der Waals surface area contributed by atoms with Gasteiger partial charge < -0.3 is 10.1 Å². The molecule has 0 bridgehead atoms. The van der Waals surface area contributed by atoms with Gasteiger partial charge in [-0.15, -0.1) is 0 Å². The van der Waals surface area contributed by atoms with E-state index in [9.17, 15) is 19.2 Å². The van der Waals surface area contributed by atoms with Crippen molar-refractivity contribution in [1.29, 1.82) is 0 Å². The molecule has 0 spiro atoms. The highest BCUT2D eigenvalue weighted by Gasteiger charge is 2.38. The van der Waals surface area contributed by atoms with E-state index < -0.39 is 23.1 Å². The van der Waals surface area contributed by atoms with Crippen LogP contribution in [-0.2, 0) is 23.6 Å². The SMILES string of the molecule is COC(=O)c1ccc(C2C3=C(CCCC3=O)Nc3c2c(=O)n(C)c(=O)n3C)cc1. The van der Waals surface area contributed by atoms with Gasteiger partial charge in [-0.3, -0.25) is 18.7 Å². The molecule has 1 unspecified atom stereocenters. The lowest BCUT2D eigenvalue weighted by atomic mass is 9.76. The minimum absolute atomic E-state index is 0.0117. The third kappa shape index (κ3) is 2.83. The minimum Gasteiger partial charge on any atom is -0.465 e. The fraction of sp³-hybridized carbons (Fsp3) is 0.333. The van der Waals surface area contributed by atoms with E-state index in [-0.39, 0.29) is 5.78 Å². The molecule has 8 nitrogen and oxygen atoms in total. The van der Waals surface area contributed by atoms with Gasteiger partial charge in [-0.2, -0.15) is 0 Å². The lowest BCUT2D eigenvalue weighted by Crippen LogP contribution is -2.44. The van der Waals surface area contributed by atoms with E-state index in [1.165, 1.54) is 18.7 Å². The van der Waals surface area contributed by atoms with Crippen molar-refractivity contribution < 1.29 is 14.3 Å². The van der Waals surface area contributed by atoms with Crippen LogP contribution >= 0.6 is 0 Å². The van der Waals surface area contributed by atoms with E-state index in [4.69, 9.17) is 4.74 Å². The lowest BCUT2D eigenvalue weighted by molar-refractivity contribution is -0.116. The number of nitrogens with one attached hydrogen (secondary N) is 1. The molecule has 1 aliphatic carbocycles. The highest BCUT2D eigenvalue weighted by Crippen LogP contribution is 2.43. The molecule has 2 aliphatic rings. The summed E-state index contributed by atoms with van der Waals surface area (Å²) < 4.78 is 7.19. The number of anilines is 1. The van der Waals surface area contributed by atoms with Crippen LogP contribution in [0.5, 0.6) is 0 Å². The summed E-state index contributed by atoms with van der Waals surface area (Å²) in [5.74, 6) is -0.670. The Hall–Kier alpha value is -3.42. The Morgan fingerprint density at radius 3 is 2.41 bits per heavy atom. The first kappa shape index (κ1) is 18.9. The minimum atomic E-state index is -0.605. The fourth-order valence-electron chi connectivity index (χ4n) is 4.16. The van der Waals surface area contributed by atoms with Crippen LogP contribution in [0.25, 0.3) is 0 Å². The number of benzene rings is 1. The number of hydrogen-bond acceptors (Lipinski definition) is 6. The monoisotopic (exact) mass is 395 g/mol. The van der Waals surface area contributed by atoms with E-state index in [0.29, 0.717) is 47.3 Å². The molecule has 1 aromatic carbocycles. The maximum Gasteiger partial charge on any atom is 0.337 e. The zero-order valence-corrected chi connectivity index (χ0v) is 16.4. The number of allylic oxidation sites excluding steroid dienone is 2. The van der Waals surface area contributed by atoms with Crippen LogP contribution in [0.4, 0.5) is 5.82 Å². The molecule has 0 radical (unpaired) electrons.